The van der Waals surface area contributed by atoms with Crippen molar-refractivity contribution in [3.05, 3.63) is 40.1 Å². The molecule has 4 heteroatoms. The number of hydrogen-bond acceptors (Lipinski definition) is 2. The molecule has 2 rings (SSSR count). The topological polar surface area (TPSA) is 41.6 Å². The molecular formula is C13H12BrN3. The average molecular weight is 290 g/mol. The predicted molar refractivity (Wildman–Crippen MR) is 70.4 cm³/mol. The Kier molecular flexibility index (Phi) is 3.30. The van der Waals surface area contributed by atoms with Gasteiger partial charge in [0.2, 0.25) is 0 Å². The summed E-state index contributed by atoms with van der Waals surface area (Å²) in [5.41, 5.74) is 2.96. The summed E-state index contributed by atoms with van der Waals surface area (Å²) in [7, 11) is 1.95. The Morgan fingerprint density at radius 2 is 2.00 bits per heavy atom. The molecule has 1 aromatic carbocycles. The van der Waals surface area contributed by atoms with Crippen molar-refractivity contribution in [1.29, 1.82) is 5.26 Å². The highest BCUT2D eigenvalue weighted by Gasteiger charge is 2.12. The minimum Gasteiger partial charge on any atom is -0.330 e. The van der Waals surface area contributed by atoms with E-state index < -0.39 is 0 Å². The summed E-state index contributed by atoms with van der Waals surface area (Å²) in [6.45, 7) is 1.94. The van der Waals surface area contributed by atoms with Crippen LogP contribution >= 0.6 is 15.9 Å². The van der Waals surface area contributed by atoms with Crippen LogP contribution in [0.1, 0.15) is 11.4 Å². The molecule has 0 spiro atoms. The molecule has 0 radical (unpaired) electrons. The lowest BCUT2D eigenvalue weighted by atomic mass is 10.2. The molecule has 0 unspecified atom stereocenters. The maximum atomic E-state index is 8.79. The van der Waals surface area contributed by atoms with Crippen molar-refractivity contribution in [2.45, 2.75) is 13.3 Å². The summed E-state index contributed by atoms with van der Waals surface area (Å²) in [6.07, 6.45) is 0.395. The molecule has 0 aliphatic heterocycles. The lowest BCUT2D eigenvalue weighted by Crippen LogP contribution is -1.98. The van der Waals surface area contributed by atoms with Crippen LogP contribution in [-0.4, -0.2) is 9.55 Å². The van der Waals surface area contributed by atoms with Gasteiger partial charge in [-0.1, -0.05) is 28.1 Å². The van der Waals surface area contributed by atoms with E-state index in [1.165, 1.54) is 0 Å². The van der Waals surface area contributed by atoms with Gasteiger partial charge in [0.15, 0.2) is 0 Å². The molecule has 0 saturated carbocycles. The van der Waals surface area contributed by atoms with Crippen LogP contribution in [0.15, 0.2) is 28.7 Å². The van der Waals surface area contributed by atoms with Crippen LogP contribution in [0.3, 0.4) is 0 Å². The van der Waals surface area contributed by atoms with E-state index in [0.29, 0.717) is 6.42 Å². The van der Waals surface area contributed by atoms with Crippen LogP contribution in [0.25, 0.3) is 11.4 Å². The monoisotopic (exact) mass is 289 g/mol. The minimum absolute atomic E-state index is 0.395. The normalized spacial score (nSPS) is 10.2. The molecule has 0 amide bonds. The first-order chi connectivity index (χ1) is 8.13. The summed E-state index contributed by atoms with van der Waals surface area (Å²) in [5, 5.41) is 8.79. The molecule has 0 bridgehead atoms. The van der Waals surface area contributed by atoms with Crippen molar-refractivity contribution < 1.29 is 0 Å². The molecule has 1 aromatic heterocycles. The van der Waals surface area contributed by atoms with Gasteiger partial charge in [-0.05, 0) is 19.1 Å². The van der Waals surface area contributed by atoms with E-state index in [1.807, 2.05) is 42.8 Å². The van der Waals surface area contributed by atoms with Gasteiger partial charge >= 0.3 is 0 Å². The van der Waals surface area contributed by atoms with Crippen LogP contribution in [-0.2, 0) is 13.5 Å². The molecule has 3 nitrogen and oxygen atoms in total. The summed E-state index contributed by atoms with van der Waals surface area (Å²) in [5.74, 6) is 0.903. The zero-order chi connectivity index (χ0) is 12.4. The fourth-order valence-electron chi connectivity index (χ4n) is 1.85. The third kappa shape index (κ3) is 2.25. The van der Waals surface area contributed by atoms with E-state index in [-0.39, 0.29) is 0 Å². The van der Waals surface area contributed by atoms with E-state index in [0.717, 1.165) is 27.2 Å². The van der Waals surface area contributed by atoms with Gasteiger partial charge in [-0.25, -0.2) is 4.98 Å². The van der Waals surface area contributed by atoms with Gasteiger partial charge in [0.1, 0.15) is 5.82 Å². The maximum Gasteiger partial charge on any atom is 0.140 e. The zero-order valence-corrected chi connectivity index (χ0v) is 11.3. The molecule has 0 atom stereocenters. The van der Waals surface area contributed by atoms with Gasteiger partial charge < -0.3 is 4.57 Å². The second kappa shape index (κ2) is 4.72. The molecule has 0 N–H and O–H groups in total. The average Bonchev–Trinajstić information content (AvgIpc) is 2.59. The molecule has 2 aromatic rings. The molecule has 86 valence electrons. The van der Waals surface area contributed by atoms with Crippen molar-refractivity contribution in [3.63, 3.8) is 0 Å². The number of aromatic nitrogens is 2. The first kappa shape index (κ1) is 11.9. The fraction of sp³-hybridized carbons (Fsp3) is 0.231. The number of aryl methyl sites for hydroxylation is 1. The van der Waals surface area contributed by atoms with Crippen LogP contribution < -0.4 is 0 Å². The molecular weight excluding hydrogens is 278 g/mol. The van der Waals surface area contributed by atoms with Crippen LogP contribution in [0, 0.1) is 18.3 Å². The van der Waals surface area contributed by atoms with Crippen molar-refractivity contribution >= 4 is 15.9 Å². The Bertz CT molecular complexity index is 576. The van der Waals surface area contributed by atoms with Crippen molar-refractivity contribution in [3.8, 4) is 17.5 Å². The van der Waals surface area contributed by atoms with Gasteiger partial charge in [0.05, 0.1) is 23.9 Å². The number of nitrogens with zero attached hydrogens (tertiary/aromatic N) is 3. The number of hydrogen-bond donors (Lipinski definition) is 0. The molecule has 0 saturated heterocycles. The highest BCUT2D eigenvalue weighted by Crippen LogP contribution is 2.23. The lowest BCUT2D eigenvalue weighted by Gasteiger charge is -2.04. The lowest BCUT2D eigenvalue weighted by molar-refractivity contribution is 0.859. The van der Waals surface area contributed by atoms with E-state index in [2.05, 4.69) is 27.0 Å². The summed E-state index contributed by atoms with van der Waals surface area (Å²) in [6, 6.07) is 10.2. The van der Waals surface area contributed by atoms with E-state index in [4.69, 9.17) is 5.26 Å². The second-order valence-electron chi connectivity index (χ2n) is 3.87. The highest BCUT2D eigenvalue weighted by atomic mass is 79.9. The number of imidazole rings is 1. The van der Waals surface area contributed by atoms with Crippen molar-refractivity contribution in [2.24, 2.45) is 7.05 Å². The third-order valence-electron chi connectivity index (χ3n) is 2.76. The molecule has 0 fully saturated rings. The Morgan fingerprint density at radius 1 is 1.35 bits per heavy atom. The number of nitriles is 1. The summed E-state index contributed by atoms with van der Waals surface area (Å²) < 4.78 is 3.03. The molecule has 1 heterocycles. The smallest absolute Gasteiger partial charge is 0.140 e. The van der Waals surface area contributed by atoms with Crippen LogP contribution in [0.4, 0.5) is 0 Å². The summed E-state index contributed by atoms with van der Waals surface area (Å²) >= 11 is 3.41. The standard InChI is InChI=1S/C13H12BrN3/c1-9-12(7-8-15)17(2)13(16-9)10-3-5-11(14)6-4-10/h3-6H,7H2,1-2H3. The number of halogens is 1. The van der Waals surface area contributed by atoms with Crippen molar-refractivity contribution in [1.82, 2.24) is 9.55 Å². The van der Waals surface area contributed by atoms with Gasteiger partial charge in [0, 0.05) is 17.1 Å². The van der Waals surface area contributed by atoms with Gasteiger partial charge in [-0.15, -0.1) is 0 Å². The zero-order valence-electron chi connectivity index (χ0n) is 9.74. The van der Waals surface area contributed by atoms with E-state index in [9.17, 15) is 0 Å². The largest absolute Gasteiger partial charge is 0.330 e. The van der Waals surface area contributed by atoms with Crippen molar-refractivity contribution in [2.75, 3.05) is 0 Å². The van der Waals surface area contributed by atoms with Gasteiger partial charge in [0.25, 0.3) is 0 Å². The third-order valence-corrected chi connectivity index (χ3v) is 3.29. The molecule has 0 aliphatic carbocycles. The second-order valence-corrected chi connectivity index (χ2v) is 4.78. The Morgan fingerprint density at radius 3 is 2.59 bits per heavy atom. The minimum atomic E-state index is 0.395. The fourth-order valence-corrected chi connectivity index (χ4v) is 2.11. The van der Waals surface area contributed by atoms with E-state index in [1.54, 1.807) is 0 Å². The predicted octanol–water partition coefficient (Wildman–Crippen LogP) is 3.22. The van der Waals surface area contributed by atoms with Gasteiger partial charge in [-0.3, -0.25) is 0 Å². The first-order valence-electron chi connectivity index (χ1n) is 5.28. The Hall–Kier alpha value is -1.60. The Labute approximate surface area is 109 Å². The quantitative estimate of drug-likeness (QED) is 0.852. The number of benzene rings is 1. The Balaban J connectivity index is 2.50. The number of rotatable bonds is 2. The van der Waals surface area contributed by atoms with Gasteiger partial charge in [-0.2, -0.15) is 5.26 Å². The molecule has 17 heavy (non-hydrogen) atoms. The molecule has 0 aliphatic rings. The SMILES string of the molecule is Cc1nc(-c2ccc(Br)cc2)n(C)c1CC#N. The maximum absolute atomic E-state index is 8.79. The first-order valence-corrected chi connectivity index (χ1v) is 6.08. The van der Waals surface area contributed by atoms with Crippen LogP contribution in [0.5, 0.6) is 0 Å². The highest BCUT2D eigenvalue weighted by molar-refractivity contribution is 9.10. The summed E-state index contributed by atoms with van der Waals surface area (Å²) in [4.78, 5) is 4.53. The van der Waals surface area contributed by atoms with E-state index >= 15 is 0 Å². The van der Waals surface area contributed by atoms with Crippen LogP contribution in [0.2, 0.25) is 0 Å².